The highest BCUT2D eigenvalue weighted by atomic mass is 32.1. The fraction of sp³-hybridized carbons (Fsp3) is 0.318. The molecule has 5 rings (SSSR count). The van der Waals surface area contributed by atoms with E-state index in [9.17, 15) is 0 Å². The van der Waals surface area contributed by atoms with Crippen LogP contribution >= 0.6 is 11.3 Å². The first-order valence-electron chi connectivity index (χ1n) is 9.52. The van der Waals surface area contributed by atoms with Crippen molar-refractivity contribution in [1.82, 2.24) is 9.55 Å². The number of benzene rings is 2. The second-order valence-corrected chi connectivity index (χ2v) is 8.59. The van der Waals surface area contributed by atoms with Gasteiger partial charge in [0.1, 0.15) is 5.75 Å². The summed E-state index contributed by atoms with van der Waals surface area (Å²) in [7, 11) is 7.99. The van der Waals surface area contributed by atoms with E-state index in [2.05, 4.69) is 51.7 Å². The van der Waals surface area contributed by atoms with Gasteiger partial charge in [-0.2, -0.15) is 0 Å². The molecule has 1 aliphatic heterocycles. The molecule has 5 nitrogen and oxygen atoms in total. The predicted octanol–water partition coefficient (Wildman–Crippen LogP) is 4.43. The van der Waals surface area contributed by atoms with Crippen LogP contribution in [-0.2, 0) is 20.0 Å². The van der Waals surface area contributed by atoms with Crippen molar-refractivity contribution in [2.75, 3.05) is 37.5 Å². The van der Waals surface area contributed by atoms with Gasteiger partial charge in [0.05, 0.1) is 23.9 Å². The van der Waals surface area contributed by atoms with Crippen LogP contribution in [0.3, 0.4) is 0 Å². The van der Waals surface area contributed by atoms with E-state index >= 15 is 0 Å². The fourth-order valence-corrected chi connectivity index (χ4v) is 5.10. The minimum absolute atomic E-state index is 0.924. The highest BCUT2D eigenvalue weighted by molar-refractivity contribution is 7.22. The van der Waals surface area contributed by atoms with Crippen LogP contribution in [-0.4, -0.2) is 37.3 Å². The van der Waals surface area contributed by atoms with Gasteiger partial charge in [0.2, 0.25) is 0 Å². The van der Waals surface area contributed by atoms with Crippen molar-refractivity contribution in [1.29, 1.82) is 0 Å². The van der Waals surface area contributed by atoms with Gasteiger partial charge in [0.25, 0.3) is 0 Å². The van der Waals surface area contributed by atoms with Crippen LogP contribution in [0.4, 0.5) is 10.8 Å². The maximum Gasteiger partial charge on any atom is 0.185 e. The minimum Gasteiger partial charge on any atom is -0.497 e. The maximum atomic E-state index is 5.44. The number of thiazole rings is 1. The molecule has 0 aliphatic carbocycles. The van der Waals surface area contributed by atoms with Crippen LogP contribution in [0.5, 0.6) is 5.75 Å². The first-order chi connectivity index (χ1) is 13.5. The van der Waals surface area contributed by atoms with Gasteiger partial charge in [-0.15, -0.1) is 0 Å². The molecule has 4 aromatic rings. The molecule has 0 N–H and O–H groups in total. The van der Waals surface area contributed by atoms with Crippen molar-refractivity contribution in [3.63, 3.8) is 0 Å². The molecule has 28 heavy (non-hydrogen) atoms. The van der Waals surface area contributed by atoms with Gasteiger partial charge < -0.3 is 19.1 Å². The van der Waals surface area contributed by atoms with E-state index in [4.69, 9.17) is 9.72 Å². The lowest BCUT2D eigenvalue weighted by Gasteiger charge is -2.30. The van der Waals surface area contributed by atoms with Crippen LogP contribution < -0.4 is 14.5 Å². The Morgan fingerprint density at radius 2 is 2.00 bits per heavy atom. The molecule has 0 atom stereocenters. The molecule has 2 aromatic heterocycles. The second kappa shape index (κ2) is 6.41. The second-order valence-electron chi connectivity index (χ2n) is 7.58. The lowest BCUT2D eigenvalue weighted by atomic mass is 10.0. The lowest BCUT2D eigenvalue weighted by molar-refractivity contribution is 0.415. The summed E-state index contributed by atoms with van der Waals surface area (Å²) in [4.78, 5) is 9.25. The summed E-state index contributed by atoms with van der Waals surface area (Å²) in [6, 6.07) is 13.0. The average Bonchev–Trinajstić information content (AvgIpc) is 3.27. The number of anilines is 2. The summed E-state index contributed by atoms with van der Waals surface area (Å²) in [5.74, 6) is 0.927. The third kappa shape index (κ3) is 2.63. The number of nitrogens with zero attached hydrogens (tertiary/aromatic N) is 4. The zero-order chi connectivity index (χ0) is 19.4. The Labute approximate surface area is 168 Å². The van der Waals surface area contributed by atoms with Crippen molar-refractivity contribution in [3.8, 4) is 5.75 Å². The van der Waals surface area contributed by atoms with E-state index < -0.39 is 0 Å². The summed E-state index contributed by atoms with van der Waals surface area (Å²) in [6.07, 6.45) is 1.05. The normalized spacial score (nSPS) is 13.9. The molecule has 2 aromatic carbocycles. The molecule has 0 radical (unpaired) electrons. The van der Waals surface area contributed by atoms with Crippen molar-refractivity contribution in [2.45, 2.75) is 13.0 Å². The van der Waals surface area contributed by atoms with Gasteiger partial charge in [-0.05, 0) is 48.4 Å². The molecule has 0 saturated carbocycles. The number of rotatable bonds is 3. The molecular formula is C22H24N4OS. The number of fused-ring (bicyclic) bond motifs is 4. The molecular weight excluding hydrogens is 368 g/mol. The highest BCUT2D eigenvalue weighted by Gasteiger charge is 2.23. The number of ether oxygens (including phenoxy) is 1. The SMILES string of the molecule is COc1ccc2c(c1)c1c(n2C)CN(c2ccc3nc(N(C)C)sc3c2)CC1. The first kappa shape index (κ1) is 17.4. The van der Waals surface area contributed by atoms with Gasteiger partial charge in [-0.25, -0.2) is 4.98 Å². The zero-order valence-corrected chi connectivity index (χ0v) is 17.5. The van der Waals surface area contributed by atoms with E-state index in [1.54, 1.807) is 18.4 Å². The van der Waals surface area contributed by atoms with Crippen LogP contribution in [0.25, 0.3) is 21.1 Å². The standard InChI is InChI=1S/C22H24N4OS/c1-24(2)22-23-18-7-5-14(11-21(18)28-22)26-10-9-16-17-12-15(27-4)6-8-19(17)25(3)20(16)13-26/h5-8,11-12H,9-10,13H2,1-4H3. The molecule has 144 valence electrons. The molecule has 0 spiro atoms. The molecule has 0 unspecified atom stereocenters. The van der Waals surface area contributed by atoms with Crippen molar-refractivity contribution < 1.29 is 4.74 Å². The minimum atomic E-state index is 0.924. The summed E-state index contributed by atoms with van der Waals surface area (Å²) in [5.41, 5.74) is 6.48. The average molecular weight is 393 g/mol. The Hall–Kier alpha value is -2.73. The molecule has 0 bridgehead atoms. The highest BCUT2D eigenvalue weighted by Crippen LogP contribution is 2.36. The number of hydrogen-bond acceptors (Lipinski definition) is 5. The van der Waals surface area contributed by atoms with E-state index in [0.717, 1.165) is 35.9 Å². The summed E-state index contributed by atoms with van der Waals surface area (Å²) in [6.45, 7) is 1.95. The van der Waals surface area contributed by atoms with Crippen LogP contribution in [0, 0.1) is 0 Å². The third-order valence-corrected chi connectivity index (χ3v) is 6.91. The number of aryl methyl sites for hydroxylation is 1. The van der Waals surface area contributed by atoms with Crippen LogP contribution in [0.2, 0.25) is 0 Å². The summed E-state index contributed by atoms with van der Waals surface area (Å²) in [5, 5.41) is 2.38. The van der Waals surface area contributed by atoms with Crippen LogP contribution in [0.15, 0.2) is 36.4 Å². The summed E-state index contributed by atoms with van der Waals surface area (Å²) < 4.78 is 9.03. The Bertz CT molecular complexity index is 1190. The number of methoxy groups -OCH3 is 1. The van der Waals surface area contributed by atoms with E-state index in [0.29, 0.717) is 0 Å². The van der Waals surface area contributed by atoms with Gasteiger partial charge in [0.15, 0.2) is 5.13 Å². The fourth-order valence-electron chi connectivity index (χ4n) is 4.18. The third-order valence-electron chi connectivity index (χ3n) is 5.72. The number of hydrogen-bond donors (Lipinski definition) is 0. The molecule has 0 fully saturated rings. The Morgan fingerprint density at radius 3 is 2.79 bits per heavy atom. The summed E-state index contributed by atoms with van der Waals surface area (Å²) >= 11 is 1.75. The van der Waals surface area contributed by atoms with E-state index in [1.807, 2.05) is 20.2 Å². The molecule has 3 heterocycles. The monoisotopic (exact) mass is 392 g/mol. The van der Waals surface area contributed by atoms with E-state index in [1.165, 1.54) is 32.5 Å². The van der Waals surface area contributed by atoms with Gasteiger partial charge >= 0.3 is 0 Å². The Balaban J connectivity index is 1.52. The Kier molecular flexibility index (Phi) is 3.98. The van der Waals surface area contributed by atoms with Gasteiger partial charge in [0, 0.05) is 50.0 Å². The first-order valence-corrected chi connectivity index (χ1v) is 10.3. The van der Waals surface area contributed by atoms with Crippen molar-refractivity contribution in [2.24, 2.45) is 7.05 Å². The Morgan fingerprint density at radius 1 is 1.14 bits per heavy atom. The zero-order valence-electron chi connectivity index (χ0n) is 16.7. The van der Waals surface area contributed by atoms with E-state index in [-0.39, 0.29) is 0 Å². The number of aromatic nitrogens is 2. The van der Waals surface area contributed by atoms with Crippen LogP contribution in [0.1, 0.15) is 11.3 Å². The van der Waals surface area contributed by atoms with Crippen molar-refractivity contribution >= 4 is 43.3 Å². The quantitative estimate of drug-likeness (QED) is 0.517. The maximum absolute atomic E-state index is 5.44. The topological polar surface area (TPSA) is 33.5 Å². The molecule has 6 heteroatoms. The molecule has 1 aliphatic rings. The molecule has 0 saturated heterocycles. The molecule has 0 amide bonds. The lowest BCUT2D eigenvalue weighted by Crippen LogP contribution is -2.31. The van der Waals surface area contributed by atoms with Crippen molar-refractivity contribution in [3.05, 3.63) is 47.7 Å². The smallest absolute Gasteiger partial charge is 0.185 e. The van der Waals surface area contributed by atoms with Gasteiger partial charge in [-0.1, -0.05) is 11.3 Å². The largest absolute Gasteiger partial charge is 0.497 e. The predicted molar refractivity (Wildman–Crippen MR) is 118 cm³/mol. The van der Waals surface area contributed by atoms with Gasteiger partial charge in [-0.3, -0.25) is 0 Å².